The van der Waals surface area contributed by atoms with Crippen LogP contribution in [0.3, 0.4) is 0 Å². The Morgan fingerprint density at radius 3 is 2.10 bits per heavy atom. The zero-order chi connectivity index (χ0) is 15.0. The second-order valence-corrected chi connectivity index (χ2v) is 6.11. The number of nitriles is 1. The van der Waals surface area contributed by atoms with Gasteiger partial charge in [0.05, 0.1) is 6.07 Å². The quantitative estimate of drug-likeness (QED) is 0.629. The van der Waals surface area contributed by atoms with E-state index >= 15 is 0 Å². The van der Waals surface area contributed by atoms with Crippen molar-refractivity contribution in [2.24, 2.45) is 0 Å². The molecule has 0 aromatic heterocycles. The summed E-state index contributed by atoms with van der Waals surface area (Å²) in [6.45, 7) is 15.0. The molecule has 1 fully saturated rings. The molecule has 0 radical (unpaired) electrons. The molecule has 1 aliphatic carbocycles. The normalized spacial score (nSPS) is 18.2. The van der Waals surface area contributed by atoms with Crippen LogP contribution in [-0.4, -0.2) is 60.6 Å². The Balaban J connectivity index is 2.35. The van der Waals surface area contributed by atoms with Crippen LogP contribution in [0.15, 0.2) is 0 Å². The molecular weight excluding hydrogens is 248 g/mol. The van der Waals surface area contributed by atoms with E-state index in [-0.39, 0.29) is 0 Å². The van der Waals surface area contributed by atoms with E-state index in [0.29, 0.717) is 6.04 Å². The number of nitrogens with zero attached hydrogens (tertiary/aromatic N) is 3. The minimum Gasteiger partial charge on any atom is -0.304 e. The summed E-state index contributed by atoms with van der Waals surface area (Å²) < 4.78 is 0. The molecule has 1 aliphatic rings. The molecule has 1 unspecified atom stereocenters. The van der Waals surface area contributed by atoms with Crippen molar-refractivity contribution >= 4 is 0 Å². The lowest BCUT2D eigenvalue weighted by atomic mass is 10.0. The average molecular weight is 280 g/mol. The summed E-state index contributed by atoms with van der Waals surface area (Å²) in [5, 5.41) is 12.9. The van der Waals surface area contributed by atoms with Gasteiger partial charge in [0.2, 0.25) is 0 Å². The summed E-state index contributed by atoms with van der Waals surface area (Å²) in [4.78, 5) is 4.86. The van der Waals surface area contributed by atoms with Crippen LogP contribution in [0.4, 0.5) is 0 Å². The van der Waals surface area contributed by atoms with E-state index in [2.05, 4.69) is 42.0 Å². The molecule has 0 spiro atoms. The summed E-state index contributed by atoms with van der Waals surface area (Å²) in [7, 11) is 0. The Morgan fingerprint density at radius 2 is 1.65 bits per heavy atom. The Labute approximate surface area is 125 Å². The first-order chi connectivity index (χ1) is 9.56. The molecule has 0 aromatic rings. The van der Waals surface area contributed by atoms with Crippen molar-refractivity contribution in [2.75, 3.05) is 39.3 Å². The van der Waals surface area contributed by atoms with E-state index in [1.54, 1.807) is 0 Å². The minimum atomic E-state index is -0.396. The standard InChI is InChI=1S/C16H32N4/c1-5-19(6-2)11-8-12-20(7-3)14-16(4,13-17)18-15-9-10-15/h15,18H,5-12,14H2,1-4H3. The molecule has 1 rings (SSSR count). The molecule has 4 nitrogen and oxygen atoms in total. The maximum Gasteiger partial charge on any atom is 0.116 e. The molecule has 116 valence electrons. The number of nitrogens with one attached hydrogen (secondary N) is 1. The molecule has 0 saturated heterocycles. The number of likely N-dealkylation sites (N-methyl/N-ethyl adjacent to an activating group) is 1. The maximum absolute atomic E-state index is 9.45. The molecule has 1 atom stereocenters. The zero-order valence-corrected chi connectivity index (χ0v) is 13.8. The van der Waals surface area contributed by atoms with Gasteiger partial charge < -0.3 is 9.80 Å². The van der Waals surface area contributed by atoms with Gasteiger partial charge in [0.25, 0.3) is 0 Å². The van der Waals surface area contributed by atoms with Crippen LogP contribution in [0.1, 0.15) is 47.0 Å². The Bertz CT molecular complexity index is 304. The van der Waals surface area contributed by atoms with E-state index in [9.17, 15) is 5.26 Å². The van der Waals surface area contributed by atoms with Crippen molar-refractivity contribution in [1.82, 2.24) is 15.1 Å². The fraction of sp³-hybridized carbons (Fsp3) is 0.938. The van der Waals surface area contributed by atoms with Gasteiger partial charge in [0.15, 0.2) is 0 Å². The summed E-state index contributed by atoms with van der Waals surface area (Å²) in [5.74, 6) is 0. The number of hydrogen-bond donors (Lipinski definition) is 1. The van der Waals surface area contributed by atoms with Crippen LogP contribution in [0.5, 0.6) is 0 Å². The van der Waals surface area contributed by atoms with Crippen molar-refractivity contribution < 1.29 is 0 Å². The third kappa shape index (κ3) is 6.21. The van der Waals surface area contributed by atoms with E-state index in [1.807, 2.05) is 6.92 Å². The number of rotatable bonds is 11. The van der Waals surface area contributed by atoms with Crippen molar-refractivity contribution in [2.45, 2.75) is 58.5 Å². The predicted octanol–water partition coefficient (Wildman–Crippen LogP) is 2.07. The molecule has 0 aliphatic heterocycles. The van der Waals surface area contributed by atoms with Gasteiger partial charge >= 0.3 is 0 Å². The lowest BCUT2D eigenvalue weighted by molar-refractivity contribution is 0.208. The van der Waals surface area contributed by atoms with Gasteiger partial charge in [-0.25, -0.2) is 0 Å². The van der Waals surface area contributed by atoms with Crippen molar-refractivity contribution in [3.63, 3.8) is 0 Å². The lowest BCUT2D eigenvalue weighted by Gasteiger charge is -2.31. The average Bonchev–Trinajstić information content (AvgIpc) is 3.26. The first kappa shape index (κ1) is 17.4. The predicted molar refractivity (Wildman–Crippen MR) is 84.7 cm³/mol. The highest BCUT2D eigenvalue weighted by Gasteiger charge is 2.33. The lowest BCUT2D eigenvalue weighted by Crippen LogP contribution is -2.51. The number of hydrogen-bond acceptors (Lipinski definition) is 4. The highest BCUT2D eigenvalue weighted by atomic mass is 15.2. The zero-order valence-electron chi connectivity index (χ0n) is 13.8. The van der Waals surface area contributed by atoms with Gasteiger partial charge in [-0.3, -0.25) is 5.32 Å². The van der Waals surface area contributed by atoms with Crippen molar-refractivity contribution in [3.05, 3.63) is 0 Å². The molecular formula is C16H32N4. The fourth-order valence-electron chi connectivity index (χ4n) is 2.65. The summed E-state index contributed by atoms with van der Waals surface area (Å²) >= 11 is 0. The van der Waals surface area contributed by atoms with E-state index in [1.165, 1.54) is 19.3 Å². The molecule has 0 aromatic carbocycles. The summed E-state index contributed by atoms with van der Waals surface area (Å²) in [5.41, 5.74) is -0.396. The van der Waals surface area contributed by atoms with Gasteiger partial charge in [-0.05, 0) is 58.9 Å². The minimum absolute atomic E-state index is 0.396. The monoisotopic (exact) mass is 280 g/mol. The second kappa shape index (κ2) is 8.61. The SMILES string of the molecule is CCN(CC)CCCN(CC)CC(C)(C#N)NC1CC1. The first-order valence-corrected chi connectivity index (χ1v) is 8.20. The summed E-state index contributed by atoms with van der Waals surface area (Å²) in [6.07, 6.45) is 3.64. The molecule has 1 N–H and O–H groups in total. The van der Waals surface area contributed by atoms with Gasteiger partial charge in [0, 0.05) is 12.6 Å². The van der Waals surface area contributed by atoms with Gasteiger partial charge in [-0.15, -0.1) is 0 Å². The van der Waals surface area contributed by atoms with Crippen molar-refractivity contribution in [1.29, 1.82) is 5.26 Å². The maximum atomic E-state index is 9.45. The second-order valence-electron chi connectivity index (χ2n) is 6.11. The van der Waals surface area contributed by atoms with Crippen molar-refractivity contribution in [3.8, 4) is 6.07 Å². The van der Waals surface area contributed by atoms with Crippen LogP contribution < -0.4 is 5.32 Å². The van der Waals surface area contributed by atoms with Crippen LogP contribution in [0, 0.1) is 11.3 Å². The third-order valence-electron chi connectivity index (χ3n) is 4.18. The highest BCUT2D eigenvalue weighted by molar-refractivity contribution is 5.08. The van der Waals surface area contributed by atoms with Gasteiger partial charge in [-0.1, -0.05) is 20.8 Å². The van der Waals surface area contributed by atoms with Gasteiger partial charge in [0.1, 0.15) is 5.54 Å². The van der Waals surface area contributed by atoms with E-state index < -0.39 is 5.54 Å². The van der Waals surface area contributed by atoms with Crippen LogP contribution in [-0.2, 0) is 0 Å². The molecule has 1 saturated carbocycles. The molecule has 4 heteroatoms. The molecule has 0 amide bonds. The molecule has 20 heavy (non-hydrogen) atoms. The molecule has 0 heterocycles. The topological polar surface area (TPSA) is 42.3 Å². The Hall–Kier alpha value is -0.630. The smallest absolute Gasteiger partial charge is 0.116 e. The Morgan fingerprint density at radius 1 is 1.10 bits per heavy atom. The van der Waals surface area contributed by atoms with Crippen LogP contribution in [0.2, 0.25) is 0 Å². The van der Waals surface area contributed by atoms with Crippen LogP contribution >= 0.6 is 0 Å². The molecule has 0 bridgehead atoms. The summed E-state index contributed by atoms with van der Waals surface area (Å²) in [6, 6.07) is 3.05. The van der Waals surface area contributed by atoms with Gasteiger partial charge in [-0.2, -0.15) is 5.26 Å². The van der Waals surface area contributed by atoms with E-state index in [0.717, 1.165) is 39.3 Å². The van der Waals surface area contributed by atoms with Crippen LogP contribution in [0.25, 0.3) is 0 Å². The first-order valence-electron chi connectivity index (χ1n) is 8.20. The third-order valence-corrected chi connectivity index (χ3v) is 4.18. The fourth-order valence-corrected chi connectivity index (χ4v) is 2.65. The highest BCUT2D eigenvalue weighted by Crippen LogP contribution is 2.22. The largest absolute Gasteiger partial charge is 0.304 e. The van der Waals surface area contributed by atoms with E-state index in [4.69, 9.17) is 0 Å². The Kier molecular flexibility index (Phi) is 7.50.